The van der Waals surface area contributed by atoms with Crippen LogP contribution in [0.25, 0.3) is 16.8 Å². The Morgan fingerprint density at radius 1 is 0.742 bits per heavy atom. The van der Waals surface area contributed by atoms with Gasteiger partial charge < -0.3 is 10.6 Å². The van der Waals surface area contributed by atoms with E-state index in [4.69, 9.17) is 0 Å². The lowest BCUT2D eigenvalue weighted by atomic mass is 10.1. The second-order valence-electron chi connectivity index (χ2n) is 6.91. The van der Waals surface area contributed by atoms with Crippen molar-refractivity contribution in [2.24, 2.45) is 0 Å². The normalized spacial score (nSPS) is 11.2. The van der Waals surface area contributed by atoms with E-state index in [9.17, 15) is 9.59 Å². The third kappa shape index (κ3) is 5.08. The van der Waals surface area contributed by atoms with E-state index in [1.807, 2.05) is 72.8 Å². The summed E-state index contributed by atoms with van der Waals surface area (Å²) >= 11 is 3.41. The van der Waals surface area contributed by atoms with E-state index in [1.54, 1.807) is 30.3 Å². The third-order valence-electron chi connectivity index (χ3n) is 4.75. The molecule has 0 aromatic heterocycles. The molecular formula is C26H19BrN2O2. The number of hydrogen-bond donors (Lipinski definition) is 2. The minimum absolute atomic E-state index is 0.157. The van der Waals surface area contributed by atoms with Gasteiger partial charge in [0, 0.05) is 21.1 Å². The van der Waals surface area contributed by atoms with Crippen LogP contribution < -0.4 is 10.6 Å². The molecule has 0 unspecified atom stereocenters. The van der Waals surface area contributed by atoms with Crippen LogP contribution in [0.2, 0.25) is 0 Å². The third-order valence-corrected chi connectivity index (χ3v) is 5.28. The van der Waals surface area contributed by atoms with Gasteiger partial charge in [-0.3, -0.25) is 9.59 Å². The van der Waals surface area contributed by atoms with Crippen LogP contribution >= 0.6 is 15.9 Å². The van der Waals surface area contributed by atoms with Crippen LogP contribution in [0.1, 0.15) is 15.9 Å². The Bertz CT molecular complexity index is 1260. The molecule has 4 nitrogen and oxygen atoms in total. The van der Waals surface area contributed by atoms with Gasteiger partial charge in [0.25, 0.3) is 11.8 Å². The second-order valence-corrected chi connectivity index (χ2v) is 7.83. The van der Waals surface area contributed by atoms with Crippen LogP contribution in [0.3, 0.4) is 0 Å². The molecule has 0 aliphatic rings. The summed E-state index contributed by atoms with van der Waals surface area (Å²) in [5.74, 6) is -0.749. The molecule has 152 valence electrons. The SMILES string of the molecule is O=C(Nc1cccc2ccccc12)C(=Cc1ccc(Br)cc1)NC(=O)c1ccccc1. The number of halogens is 1. The molecule has 0 spiro atoms. The van der Waals surface area contributed by atoms with Gasteiger partial charge in [-0.25, -0.2) is 0 Å². The van der Waals surface area contributed by atoms with Crippen molar-refractivity contribution in [3.8, 4) is 0 Å². The Morgan fingerprint density at radius 3 is 2.19 bits per heavy atom. The maximum Gasteiger partial charge on any atom is 0.272 e. The predicted octanol–water partition coefficient (Wildman–Crippen LogP) is 6.01. The minimum atomic E-state index is -0.399. The average Bonchev–Trinajstić information content (AvgIpc) is 2.81. The molecule has 4 aromatic rings. The van der Waals surface area contributed by atoms with Crippen molar-refractivity contribution >= 4 is 50.3 Å². The molecule has 4 rings (SSSR count). The molecule has 5 heteroatoms. The zero-order valence-corrected chi connectivity index (χ0v) is 18.1. The lowest BCUT2D eigenvalue weighted by Gasteiger charge is -2.13. The van der Waals surface area contributed by atoms with E-state index in [2.05, 4.69) is 26.6 Å². The average molecular weight is 471 g/mol. The van der Waals surface area contributed by atoms with Crippen molar-refractivity contribution in [2.45, 2.75) is 0 Å². The summed E-state index contributed by atoms with van der Waals surface area (Å²) in [6.45, 7) is 0. The quantitative estimate of drug-likeness (QED) is 0.350. The lowest BCUT2D eigenvalue weighted by Crippen LogP contribution is -2.30. The van der Waals surface area contributed by atoms with Gasteiger partial charge in [-0.1, -0.05) is 82.7 Å². The fraction of sp³-hybridized carbons (Fsp3) is 0. The van der Waals surface area contributed by atoms with Crippen molar-refractivity contribution in [3.63, 3.8) is 0 Å². The molecule has 0 heterocycles. The van der Waals surface area contributed by atoms with E-state index < -0.39 is 5.91 Å². The monoisotopic (exact) mass is 470 g/mol. The molecule has 0 aliphatic heterocycles. The van der Waals surface area contributed by atoms with Crippen molar-refractivity contribution < 1.29 is 9.59 Å². The highest BCUT2D eigenvalue weighted by Gasteiger charge is 2.16. The molecule has 0 radical (unpaired) electrons. The summed E-state index contributed by atoms with van der Waals surface area (Å²) in [5, 5.41) is 7.65. The summed E-state index contributed by atoms with van der Waals surface area (Å²) in [6, 6.07) is 29.8. The first kappa shape index (κ1) is 20.6. The van der Waals surface area contributed by atoms with Crippen LogP contribution in [-0.2, 0) is 4.79 Å². The molecule has 0 aliphatic carbocycles. The number of rotatable bonds is 5. The Hall–Kier alpha value is -3.70. The van der Waals surface area contributed by atoms with Crippen molar-refractivity contribution in [1.82, 2.24) is 5.32 Å². The van der Waals surface area contributed by atoms with Gasteiger partial charge in [-0.2, -0.15) is 0 Å². The summed E-state index contributed by atoms with van der Waals surface area (Å²) in [7, 11) is 0. The molecule has 2 N–H and O–H groups in total. The highest BCUT2D eigenvalue weighted by Crippen LogP contribution is 2.23. The first-order valence-corrected chi connectivity index (χ1v) is 10.5. The van der Waals surface area contributed by atoms with Crippen molar-refractivity contribution in [2.75, 3.05) is 5.32 Å². The number of carbonyl (C=O) groups excluding carboxylic acids is 2. The summed E-state index contributed by atoms with van der Waals surface area (Å²) in [5.41, 5.74) is 2.10. The highest BCUT2D eigenvalue weighted by molar-refractivity contribution is 9.10. The van der Waals surface area contributed by atoms with E-state index in [0.717, 1.165) is 20.8 Å². The zero-order chi connectivity index (χ0) is 21.6. The molecule has 4 aromatic carbocycles. The maximum atomic E-state index is 13.2. The number of amides is 2. The van der Waals surface area contributed by atoms with Crippen LogP contribution in [-0.4, -0.2) is 11.8 Å². The van der Waals surface area contributed by atoms with Crippen LogP contribution in [0.5, 0.6) is 0 Å². The number of anilines is 1. The van der Waals surface area contributed by atoms with Gasteiger partial charge >= 0.3 is 0 Å². The van der Waals surface area contributed by atoms with Gasteiger partial charge in [-0.05, 0) is 47.4 Å². The minimum Gasteiger partial charge on any atom is -0.320 e. The number of carbonyl (C=O) groups is 2. The van der Waals surface area contributed by atoms with Crippen molar-refractivity contribution in [3.05, 3.63) is 118 Å². The molecule has 2 amide bonds. The van der Waals surface area contributed by atoms with E-state index in [0.29, 0.717) is 11.3 Å². The van der Waals surface area contributed by atoms with Gasteiger partial charge in [0.2, 0.25) is 0 Å². The Labute approximate surface area is 188 Å². The number of fused-ring (bicyclic) bond motifs is 1. The molecule has 31 heavy (non-hydrogen) atoms. The van der Waals surface area contributed by atoms with E-state index in [1.165, 1.54) is 0 Å². The second kappa shape index (κ2) is 9.41. The fourth-order valence-corrected chi connectivity index (χ4v) is 3.46. The van der Waals surface area contributed by atoms with Gasteiger partial charge in [0.1, 0.15) is 5.70 Å². The molecular weight excluding hydrogens is 452 g/mol. The molecule has 0 saturated carbocycles. The number of nitrogens with one attached hydrogen (secondary N) is 2. The molecule has 0 saturated heterocycles. The Morgan fingerprint density at radius 2 is 1.42 bits per heavy atom. The zero-order valence-electron chi connectivity index (χ0n) is 16.5. The smallest absolute Gasteiger partial charge is 0.272 e. The van der Waals surface area contributed by atoms with E-state index >= 15 is 0 Å². The van der Waals surface area contributed by atoms with Crippen LogP contribution in [0, 0.1) is 0 Å². The largest absolute Gasteiger partial charge is 0.320 e. The lowest BCUT2D eigenvalue weighted by molar-refractivity contribution is -0.113. The maximum absolute atomic E-state index is 13.2. The first-order valence-electron chi connectivity index (χ1n) is 9.73. The highest BCUT2D eigenvalue weighted by atomic mass is 79.9. The Kier molecular flexibility index (Phi) is 6.24. The fourth-order valence-electron chi connectivity index (χ4n) is 3.19. The Balaban J connectivity index is 1.66. The molecule has 0 fully saturated rings. The van der Waals surface area contributed by atoms with Crippen molar-refractivity contribution in [1.29, 1.82) is 0 Å². The van der Waals surface area contributed by atoms with Crippen LogP contribution in [0.15, 0.2) is 107 Å². The van der Waals surface area contributed by atoms with Gasteiger partial charge in [0.15, 0.2) is 0 Å². The summed E-state index contributed by atoms with van der Waals surface area (Å²) in [6.07, 6.45) is 1.66. The topological polar surface area (TPSA) is 58.2 Å². The number of hydrogen-bond acceptors (Lipinski definition) is 2. The van der Waals surface area contributed by atoms with Gasteiger partial charge in [0.05, 0.1) is 0 Å². The standard InChI is InChI=1S/C26H19BrN2O2/c27-21-15-13-18(14-16-21)17-24(29-25(30)20-8-2-1-3-9-20)26(31)28-23-12-6-10-19-7-4-5-11-22(19)23/h1-17H,(H,28,31)(H,29,30). The first-order chi connectivity index (χ1) is 15.1. The summed E-state index contributed by atoms with van der Waals surface area (Å²) < 4.78 is 0.930. The van der Waals surface area contributed by atoms with E-state index in [-0.39, 0.29) is 11.6 Å². The summed E-state index contributed by atoms with van der Waals surface area (Å²) in [4.78, 5) is 25.9. The predicted molar refractivity (Wildman–Crippen MR) is 129 cm³/mol. The molecule has 0 bridgehead atoms. The van der Waals surface area contributed by atoms with Gasteiger partial charge in [-0.15, -0.1) is 0 Å². The molecule has 0 atom stereocenters. The van der Waals surface area contributed by atoms with Crippen LogP contribution in [0.4, 0.5) is 5.69 Å². The number of benzene rings is 4.